The van der Waals surface area contributed by atoms with E-state index in [1.54, 1.807) is 19.2 Å². The second-order valence-corrected chi connectivity index (χ2v) is 8.11. The van der Waals surface area contributed by atoms with Crippen LogP contribution in [-0.4, -0.2) is 50.1 Å². The molecule has 1 aromatic rings. The molecule has 0 saturated carbocycles. The summed E-state index contributed by atoms with van der Waals surface area (Å²) < 4.78 is 39.2. The van der Waals surface area contributed by atoms with E-state index in [2.05, 4.69) is 4.90 Å². The van der Waals surface area contributed by atoms with Crippen molar-refractivity contribution in [3.8, 4) is 0 Å². The molecule has 0 spiro atoms. The van der Waals surface area contributed by atoms with Gasteiger partial charge in [0.15, 0.2) is 0 Å². The van der Waals surface area contributed by atoms with Crippen molar-refractivity contribution in [3.05, 3.63) is 35.6 Å². The number of hydrogen-bond donors (Lipinski definition) is 0. The fourth-order valence-corrected chi connectivity index (χ4v) is 4.20. The van der Waals surface area contributed by atoms with E-state index >= 15 is 0 Å². The van der Waals surface area contributed by atoms with Gasteiger partial charge in [0.25, 0.3) is 0 Å². The molecule has 1 saturated heterocycles. The van der Waals surface area contributed by atoms with E-state index in [1.807, 2.05) is 6.92 Å². The normalized spacial score (nSPS) is 18.0. The van der Waals surface area contributed by atoms with E-state index in [4.69, 9.17) is 0 Å². The summed E-state index contributed by atoms with van der Waals surface area (Å²) in [4.78, 5) is 2.32. The SMILES string of the molecule is C[C@@H](c1ccc(F)cc1)N(C)S(=O)(=O)CCCN1CCCC1. The summed E-state index contributed by atoms with van der Waals surface area (Å²) in [5.74, 6) is -0.155. The van der Waals surface area contributed by atoms with Crippen LogP contribution in [0, 0.1) is 5.82 Å². The van der Waals surface area contributed by atoms with E-state index < -0.39 is 10.0 Å². The third-order valence-corrected chi connectivity index (χ3v) is 6.41. The zero-order valence-electron chi connectivity index (χ0n) is 13.3. The van der Waals surface area contributed by atoms with E-state index in [0.29, 0.717) is 6.42 Å². The van der Waals surface area contributed by atoms with Gasteiger partial charge in [0, 0.05) is 13.1 Å². The number of benzene rings is 1. The zero-order chi connectivity index (χ0) is 16.2. The molecule has 0 unspecified atom stereocenters. The Balaban J connectivity index is 1.90. The first-order valence-electron chi connectivity index (χ1n) is 7.84. The van der Waals surface area contributed by atoms with Crippen LogP contribution in [0.4, 0.5) is 4.39 Å². The first-order chi connectivity index (χ1) is 10.4. The molecule has 1 aromatic carbocycles. The van der Waals surface area contributed by atoms with Crippen molar-refractivity contribution in [2.45, 2.75) is 32.2 Å². The third kappa shape index (κ3) is 4.51. The predicted octanol–water partition coefficient (Wildman–Crippen LogP) is 2.63. The molecule has 4 nitrogen and oxygen atoms in total. The van der Waals surface area contributed by atoms with Gasteiger partial charge in [-0.25, -0.2) is 12.8 Å². The Morgan fingerprint density at radius 2 is 1.82 bits per heavy atom. The largest absolute Gasteiger partial charge is 0.303 e. The number of nitrogens with zero attached hydrogens (tertiary/aromatic N) is 2. The van der Waals surface area contributed by atoms with Crippen molar-refractivity contribution in [2.24, 2.45) is 0 Å². The molecule has 1 fully saturated rings. The molecule has 1 heterocycles. The quantitative estimate of drug-likeness (QED) is 0.772. The Morgan fingerprint density at radius 1 is 1.23 bits per heavy atom. The van der Waals surface area contributed by atoms with Crippen molar-refractivity contribution in [1.29, 1.82) is 0 Å². The maximum absolute atomic E-state index is 13.0. The fourth-order valence-electron chi connectivity index (χ4n) is 2.81. The first kappa shape index (κ1) is 17.4. The van der Waals surface area contributed by atoms with Gasteiger partial charge in [-0.3, -0.25) is 0 Å². The molecule has 0 radical (unpaired) electrons. The van der Waals surface area contributed by atoms with E-state index in [9.17, 15) is 12.8 Å². The van der Waals surface area contributed by atoms with Crippen LogP contribution >= 0.6 is 0 Å². The van der Waals surface area contributed by atoms with Gasteiger partial charge in [0.1, 0.15) is 5.82 Å². The second kappa shape index (κ2) is 7.53. The summed E-state index contributed by atoms with van der Waals surface area (Å²) in [6.07, 6.45) is 3.09. The van der Waals surface area contributed by atoms with Crippen LogP contribution < -0.4 is 0 Å². The summed E-state index contributed by atoms with van der Waals surface area (Å²) in [5.41, 5.74) is 0.798. The standard InChI is InChI=1S/C16H25FN2O2S/c1-14(15-6-8-16(17)9-7-15)18(2)22(20,21)13-5-12-19-10-3-4-11-19/h6-9,14H,3-5,10-13H2,1-2H3/t14-/m0/s1. The molecule has 22 heavy (non-hydrogen) atoms. The average molecular weight is 328 g/mol. The van der Waals surface area contributed by atoms with Gasteiger partial charge in [-0.2, -0.15) is 4.31 Å². The van der Waals surface area contributed by atoms with Crippen molar-refractivity contribution >= 4 is 10.0 Å². The summed E-state index contributed by atoms with van der Waals surface area (Å²) in [6, 6.07) is 5.70. The zero-order valence-corrected chi connectivity index (χ0v) is 14.2. The maximum Gasteiger partial charge on any atom is 0.214 e. The minimum Gasteiger partial charge on any atom is -0.303 e. The average Bonchev–Trinajstić information content (AvgIpc) is 2.99. The molecule has 1 aliphatic rings. The Bertz CT molecular complexity index is 568. The molecule has 124 valence electrons. The van der Waals surface area contributed by atoms with Crippen LogP contribution in [0.25, 0.3) is 0 Å². The summed E-state index contributed by atoms with van der Waals surface area (Å²) in [6.45, 7) is 4.84. The van der Waals surface area contributed by atoms with Gasteiger partial charge in [-0.1, -0.05) is 12.1 Å². The molecule has 0 amide bonds. The van der Waals surface area contributed by atoms with Gasteiger partial charge in [-0.15, -0.1) is 0 Å². The number of rotatable bonds is 7. The fraction of sp³-hybridized carbons (Fsp3) is 0.625. The lowest BCUT2D eigenvalue weighted by Gasteiger charge is -2.25. The highest BCUT2D eigenvalue weighted by molar-refractivity contribution is 7.89. The number of hydrogen-bond acceptors (Lipinski definition) is 3. The van der Waals surface area contributed by atoms with Gasteiger partial charge in [0.05, 0.1) is 5.75 Å². The molecule has 0 N–H and O–H groups in total. The number of likely N-dealkylation sites (tertiary alicyclic amines) is 1. The molecule has 1 atom stereocenters. The molecule has 1 aliphatic heterocycles. The highest BCUT2D eigenvalue weighted by atomic mass is 32.2. The molecule has 2 rings (SSSR count). The Hall–Kier alpha value is -0.980. The van der Waals surface area contributed by atoms with Crippen LogP contribution in [0.5, 0.6) is 0 Å². The van der Waals surface area contributed by atoms with Crippen LogP contribution in [-0.2, 0) is 10.0 Å². The monoisotopic (exact) mass is 328 g/mol. The van der Waals surface area contributed by atoms with Gasteiger partial charge >= 0.3 is 0 Å². The highest BCUT2D eigenvalue weighted by Gasteiger charge is 2.24. The van der Waals surface area contributed by atoms with Gasteiger partial charge in [0.2, 0.25) is 10.0 Å². The number of sulfonamides is 1. The second-order valence-electron chi connectivity index (χ2n) is 5.96. The molecular formula is C16H25FN2O2S. The number of halogens is 1. The summed E-state index contributed by atoms with van der Waals surface area (Å²) in [7, 11) is -1.70. The van der Waals surface area contributed by atoms with E-state index in [-0.39, 0.29) is 17.6 Å². The van der Waals surface area contributed by atoms with Crippen molar-refractivity contribution < 1.29 is 12.8 Å². The van der Waals surface area contributed by atoms with Crippen LogP contribution in [0.1, 0.15) is 37.8 Å². The third-order valence-electron chi connectivity index (χ3n) is 4.41. The summed E-state index contributed by atoms with van der Waals surface area (Å²) >= 11 is 0. The van der Waals surface area contributed by atoms with Crippen LogP contribution in [0.3, 0.4) is 0 Å². The Kier molecular flexibility index (Phi) is 5.94. The van der Waals surface area contributed by atoms with E-state index in [0.717, 1.165) is 25.2 Å². The van der Waals surface area contributed by atoms with Gasteiger partial charge < -0.3 is 4.90 Å². The maximum atomic E-state index is 13.0. The lowest BCUT2D eigenvalue weighted by atomic mass is 10.1. The molecule has 6 heteroatoms. The molecule has 0 aromatic heterocycles. The van der Waals surface area contributed by atoms with Crippen molar-refractivity contribution in [1.82, 2.24) is 9.21 Å². The molecular weight excluding hydrogens is 303 g/mol. The Morgan fingerprint density at radius 3 is 2.41 bits per heavy atom. The summed E-state index contributed by atoms with van der Waals surface area (Å²) in [5, 5.41) is 0. The van der Waals surface area contributed by atoms with Crippen LogP contribution in [0.15, 0.2) is 24.3 Å². The minimum atomic E-state index is -3.30. The molecule has 0 aliphatic carbocycles. The van der Waals surface area contributed by atoms with E-state index in [1.165, 1.54) is 29.3 Å². The lowest BCUT2D eigenvalue weighted by molar-refractivity contribution is 0.337. The van der Waals surface area contributed by atoms with Crippen LogP contribution in [0.2, 0.25) is 0 Å². The highest BCUT2D eigenvalue weighted by Crippen LogP contribution is 2.22. The topological polar surface area (TPSA) is 40.6 Å². The van der Waals surface area contributed by atoms with Crippen molar-refractivity contribution in [2.75, 3.05) is 32.4 Å². The smallest absolute Gasteiger partial charge is 0.214 e. The van der Waals surface area contributed by atoms with Crippen molar-refractivity contribution in [3.63, 3.8) is 0 Å². The predicted molar refractivity (Wildman–Crippen MR) is 86.7 cm³/mol. The lowest BCUT2D eigenvalue weighted by Crippen LogP contribution is -2.33. The Labute approximate surface area is 133 Å². The minimum absolute atomic E-state index is 0.158. The van der Waals surface area contributed by atoms with Gasteiger partial charge in [-0.05, 0) is 63.5 Å². The molecule has 0 bridgehead atoms. The first-order valence-corrected chi connectivity index (χ1v) is 9.44.